The molecular formula is C61H70Cl2F2N8. The minimum atomic E-state index is -2.40. The van der Waals surface area contributed by atoms with Gasteiger partial charge in [0, 0.05) is 5.56 Å². The third-order valence-corrected chi connectivity index (χ3v) is 12.5. The van der Waals surface area contributed by atoms with Crippen LogP contribution in [0, 0.1) is 27.7 Å². The molecule has 0 radical (unpaired) electrons. The molecule has 0 saturated carbocycles. The highest BCUT2D eigenvalue weighted by molar-refractivity contribution is 6.44. The van der Waals surface area contributed by atoms with Crippen molar-refractivity contribution in [1.82, 2.24) is 40.8 Å². The van der Waals surface area contributed by atoms with Crippen molar-refractivity contribution in [2.24, 2.45) is 0 Å². The summed E-state index contributed by atoms with van der Waals surface area (Å²) in [7, 11) is 0. The van der Waals surface area contributed by atoms with Crippen LogP contribution in [0.25, 0.3) is 0 Å². The van der Waals surface area contributed by atoms with Gasteiger partial charge in [0.25, 0.3) is 6.43 Å². The molecule has 8 rings (SSSR count). The van der Waals surface area contributed by atoms with E-state index >= 15 is 0 Å². The van der Waals surface area contributed by atoms with Crippen molar-refractivity contribution in [1.29, 1.82) is 0 Å². The van der Waals surface area contributed by atoms with Gasteiger partial charge in [0.1, 0.15) is 4.84 Å². The molecular weight excluding hydrogens is 954 g/mol. The zero-order valence-corrected chi connectivity index (χ0v) is 45.3. The third kappa shape index (κ3) is 21.3. The van der Waals surface area contributed by atoms with Gasteiger partial charge in [-0.05, 0) is 178 Å². The molecule has 0 fully saturated rings. The first kappa shape index (κ1) is 57.5. The van der Waals surface area contributed by atoms with Gasteiger partial charge in [-0.15, -0.1) is 23.2 Å². The summed E-state index contributed by atoms with van der Waals surface area (Å²) in [5.41, 5.74) is 16.8. The number of benzene rings is 4. The maximum Gasteiger partial charge on any atom is 0.263 e. The highest BCUT2D eigenvalue weighted by atomic mass is 35.5. The summed E-state index contributed by atoms with van der Waals surface area (Å²) in [6, 6.07) is 48.3. The highest BCUT2D eigenvalue weighted by Gasteiger charge is 2.13. The van der Waals surface area contributed by atoms with Crippen molar-refractivity contribution in [3.8, 4) is 0 Å². The van der Waals surface area contributed by atoms with Crippen molar-refractivity contribution in [3.63, 3.8) is 0 Å². The van der Waals surface area contributed by atoms with Gasteiger partial charge in [-0.25, -0.2) is 8.78 Å². The summed E-state index contributed by atoms with van der Waals surface area (Å²) in [6.45, 7) is 18.9. The summed E-state index contributed by atoms with van der Waals surface area (Å²) >= 11 is 11.6. The van der Waals surface area contributed by atoms with Crippen LogP contribution in [-0.2, 0) is 56.8 Å². The van der Waals surface area contributed by atoms with Crippen LogP contribution < -0.4 is 0 Å². The number of rotatable bonds is 15. The van der Waals surface area contributed by atoms with E-state index in [9.17, 15) is 8.78 Å². The molecule has 8 aromatic rings. The van der Waals surface area contributed by atoms with E-state index in [-0.39, 0.29) is 11.0 Å². The predicted octanol–water partition coefficient (Wildman–Crippen LogP) is 15.1. The molecule has 4 heterocycles. The molecule has 4 aromatic carbocycles. The van der Waals surface area contributed by atoms with Crippen LogP contribution in [0.3, 0.4) is 0 Å². The van der Waals surface area contributed by atoms with Gasteiger partial charge >= 0.3 is 0 Å². The van der Waals surface area contributed by atoms with Crippen molar-refractivity contribution in [3.05, 3.63) is 236 Å². The number of alkyl halides is 4. The van der Waals surface area contributed by atoms with Crippen molar-refractivity contribution in [2.45, 2.75) is 136 Å². The van der Waals surface area contributed by atoms with Crippen molar-refractivity contribution >= 4 is 23.2 Å². The average Bonchev–Trinajstić information content (AvgIpc) is 3.39. The lowest BCUT2D eigenvalue weighted by atomic mass is 9.86. The third-order valence-electron chi connectivity index (χ3n) is 12.0. The number of aryl methyl sites for hydroxylation is 12. The summed E-state index contributed by atoms with van der Waals surface area (Å²) in [4.78, 5) is -0.456. The second-order valence-electron chi connectivity index (χ2n) is 19.6. The Labute approximate surface area is 442 Å². The minimum Gasteiger partial charge on any atom is -0.205 e. The Morgan fingerprint density at radius 1 is 0.356 bits per heavy atom. The molecule has 8 nitrogen and oxygen atoms in total. The van der Waals surface area contributed by atoms with E-state index in [0.717, 1.165) is 108 Å². The predicted molar refractivity (Wildman–Crippen MR) is 295 cm³/mol. The number of hydrogen-bond donors (Lipinski definition) is 0. The fraction of sp³-hybridized carbons (Fsp3) is 0.344. The first-order valence-electron chi connectivity index (χ1n) is 25.0. The van der Waals surface area contributed by atoms with Gasteiger partial charge in [-0.1, -0.05) is 132 Å². The molecule has 0 unspecified atom stereocenters. The number of halogens is 4. The lowest BCUT2D eigenvalue weighted by Gasteiger charge is -2.19. The molecule has 382 valence electrons. The lowest BCUT2D eigenvalue weighted by Crippen LogP contribution is -2.10. The van der Waals surface area contributed by atoms with Crippen LogP contribution in [0.5, 0.6) is 0 Å². The van der Waals surface area contributed by atoms with Gasteiger partial charge in [0.05, 0.1) is 45.6 Å². The summed E-state index contributed by atoms with van der Waals surface area (Å²) in [6.07, 6.45) is 4.91. The van der Waals surface area contributed by atoms with Gasteiger partial charge in [-0.3, -0.25) is 0 Å². The van der Waals surface area contributed by atoms with Crippen LogP contribution in [0.2, 0.25) is 0 Å². The molecule has 0 bridgehead atoms. The van der Waals surface area contributed by atoms with Crippen LogP contribution in [-0.4, -0.2) is 40.8 Å². The Balaban J connectivity index is 0.000000181. The van der Waals surface area contributed by atoms with Crippen molar-refractivity contribution < 1.29 is 8.78 Å². The van der Waals surface area contributed by atoms with E-state index in [1.54, 1.807) is 12.1 Å². The molecule has 0 aliphatic carbocycles. The minimum absolute atomic E-state index is 0.0638. The molecule has 0 spiro atoms. The average molecular weight is 1020 g/mol. The number of hydrogen-bond acceptors (Lipinski definition) is 8. The summed E-state index contributed by atoms with van der Waals surface area (Å²) in [5.74, 6) is 0.599. The molecule has 0 atom stereocenters. The van der Waals surface area contributed by atoms with E-state index < -0.39 is 11.3 Å². The molecule has 12 heteroatoms. The number of nitrogens with zero attached hydrogens (tertiary/aromatic N) is 8. The zero-order chi connectivity index (χ0) is 52.8. The van der Waals surface area contributed by atoms with Crippen LogP contribution in [0.15, 0.2) is 146 Å². The Bertz CT molecular complexity index is 2550. The van der Waals surface area contributed by atoms with Crippen LogP contribution in [0.1, 0.15) is 142 Å². The summed E-state index contributed by atoms with van der Waals surface area (Å²) < 4.78 is 24.7. The maximum absolute atomic E-state index is 12.4. The lowest BCUT2D eigenvalue weighted by molar-refractivity contribution is 0.151. The number of aromatic nitrogens is 8. The quantitative estimate of drug-likeness (QED) is 0.0936. The largest absolute Gasteiger partial charge is 0.263 e. The van der Waals surface area contributed by atoms with E-state index in [4.69, 9.17) is 23.2 Å². The second-order valence-corrected chi connectivity index (χ2v) is 20.7. The van der Waals surface area contributed by atoms with Crippen LogP contribution >= 0.6 is 23.2 Å². The molecule has 4 aromatic heterocycles. The van der Waals surface area contributed by atoms with Gasteiger partial charge in [-0.2, -0.15) is 40.8 Å². The van der Waals surface area contributed by atoms with Gasteiger partial charge in [0.15, 0.2) is 0 Å². The smallest absolute Gasteiger partial charge is 0.205 e. The van der Waals surface area contributed by atoms with Crippen molar-refractivity contribution in [2.75, 3.05) is 0 Å². The molecule has 0 saturated heterocycles. The topological polar surface area (TPSA) is 103 Å². The molecule has 0 aliphatic rings. The zero-order valence-electron chi connectivity index (χ0n) is 43.8. The van der Waals surface area contributed by atoms with E-state index in [0.29, 0.717) is 5.92 Å². The van der Waals surface area contributed by atoms with Gasteiger partial charge in [0.2, 0.25) is 0 Å². The fourth-order valence-corrected chi connectivity index (χ4v) is 7.52. The second kappa shape index (κ2) is 29.4. The molecule has 73 heavy (non-hydrogen) atoms. The Morgan fingerprint density at radius 2 is 0.630 bits per heavy atom. The van der Waals surface area contributed by atoms with E-state index in [1.165, 1.54) is 39.9 Å². The fourth-order valence-electron chi connectivity index (χ4n) is 7.23. The summed E-state index contributed by atoms with van der Waals surface area (Å²) in [5, 5.41) is 32.8. The van der Waals surface area contributed by atoms with Crippen LogP contribution in [0.4, 0.5) is 8.78 Å². The van der Waals surface area contributed by atoms with E-state index in [1.807, 2.05) is 76.2 Å². The Hall–Kier alpha value is -6.36. The molecule has 0 aliphatic heterocycles. The standard InChI is InChI=1S/C17H22N2.C16H20N2.C14H14Cl2N2.C14H14F2N2/c1-13-5-11-16(19-18-13)12-8-14-6-9-15(10-7-14)17(2,3)4;1-12(2)15-8-5-14(6-9-15)7-11-16-10-4-13(3)17-18-16;2*1-10-2-8-13(18-17-10)9-5-11-3-6-12(7-4-11)14(15)16/h5-7,9-11H,8,12H2,1-4H3;4-6,8-10,12H,7,11H2,1-3H3;2*2-4,6-8,14H,5,9H2,1H3. The first-order chi connectivity index (χ1) is 34.9. The normalized spacial score (nSPS) is 11.1. The van der Waals surface area contributed by atoms with Gasteiger partial charge < -0.3 is 0 Å². The molecule has 0 N–H and O–H groups in total. The SMILES string of the molecule is Cc1ccc(CCc2ccc(C(C)(C)C)cc2)nn1.Cc1ccc(CCc2ccc(C(C)C)cc2)nn1.Cc1ccc(CCc2ccc(C(Cl)Cl)cc2)nn1.Cc1ccc(CCc2ccc(C(F)F)cc2)nn1. The first-order valence-corrected chi connectivity index (χ1v) is 25.9. The Morgan fingerprint density at radius 3 is 0.863 bits per heavy atom. The Kier molecular flexibility index (Phi) is 23.1. The molecule has 0 amide bonds. The maximum atomic E-state index is 12.4. The monoisotopic (exact) mass is 1020 g/mol. The van der Waals surface area contributed by atoms with E-state index in [2.05, 4.69) is 148 Å². The highest BCUT2D eigenvalue weighted by Crippen LogP contribution is 2.25.